The third-order valence-electron chi connectivity index (χ3n) is 5.90. The summed E-state index contributed by atoms with van der Waals surface area (Å²) in [7, 11) is -2.39. The maximum absolute atomic E-state index is 12.8. The van der Waals surface area contributed by atoms with E-state index in [-0.39, 0.29) is 10.8 Å². The Bertz CT molecular complexity index is 1750. The molecule has 0 radical (unpaired) electrons. The minimum absolute atomic E-state index is 0.0000955. The minimum Gasteiger partial charge on any atom is -0.438 e. The number of aryl methyl sites for hydroxylation is 2. The molecule has 0 amide bonds. The van der Waals surface area contributed by atoms with Crippen molar-refractivity contribution in [2.24, 2.45) is 7.05 Å². The van der Waals surface area contributed by atoms with Gasteiger partial charge in [0.05, 0.1) is 16.1 Å². The standard InChI is InChI=1S/C24H22N6O5S/c1-14-15(2)27-30(16(14)3)22-11-12-23(26-25-22)34-18-7-5-17(6-8-18)28-36(32,33)19-9-10-21-20(13-19)29(4)24(31)35-21/h5-13,28H,1-4H3. The molecule has 0 aliphatic rings. The molecule has 5 aromatic rings. The van der Waals surface area contributed by atoms with E-state index in [1.807, 2.05) is 20.8 Å². The van der Waals surface area contributed by atoms with Crippen LogP contribution >= 0.6 is 0 Å². The molecule has 36 heavy (non-hydrogen) atoms. The number of fused-ring (bicyclic) bond motifs is 1. The Hall–Kier alpha value is -4.45. The van der Waals surface area contributed by atoms with Crippen LogP contribution in [0.1, 0.15) is 17.0 Å². The molecule has 1 N–H and O–H groups in total. The van der Waals surface area contributed by atoms with Crippen LogP contribution in [0.15, 0.2) is 68.7 Å². The van der Waals surface area contributed by atoms with Gasteiger partial charge >= 0.3 is 5.76 Å². The van der Waals surface area contributed by atoms with Crippen LogP contribution in [0.2, 0.25) is 0 Å². The molecular formula is C24H22N6O5S. The lowest BCUT2D eigenvalue weighted by molar-refractivity contribution is 0.454. The van der Waals surface area contributed by atoms with Crippen molar-refractivity contribution in [2.75, 3.05) is 4.72 Å². The molecule has 12 heteroatoms. The number of rotatable bonds is 6. The zero-order valence-electron chi connectivity index (χ0n) is 19.9. The van der Waals surface area contributed by atoms with Crippen LogP contribution in [0.3, 0.4) is 0 Å². The molecular weight excluding hydrogens is 484 g/mol. The van der Waals surface area contributed by atoms with Gasteiger partial charge in [-0.3, -0.25) is 9.29 Å². The van der Waals surface area contributed by atoms with Gasteiger partial charge in [-0.2, -0.15) is 5.10 Å². The number of sulfonamides is 1. The first-order chi connectivity index (χ1) is 17.1. The molecule has 0 unspecified atom stereocenters. The quantitative estimate of drug-likeness (QED) is 0.369. The molecule has 184 valence electrons. The van der Waals surface area contributed by atoms with E-state index in [2.05, 4.69) is 20.0 Å². The number of benzene rings is 2. The first-order valence-corrected chi connectivity index (χ1v) is 12.4. The second-order valence-electron chi connectivity index (χ2n) is 8.23. The molecule has 0 saturated carbocycles. The van der Waals surface area contributed by atoms with Gasteiger partial charge in [-0.25, -0.2) is 17.9 Å². The Morgan fingerprint density at radius 1 is 0.972 bits per heavy atom. The number of oxazole rings is 1. The van der Waals surface area contributed by atoms with Crippen molar-refractivity contribution in [1.29, 1.82) is 0 Å². The number of aromatic nitrogens is 5. The first-order valence-electron chi connectivity index (χ1n) is 10.9. The van der Waals surface area contributed by atoms with Crippen LogP contribution in [-0.4, -0.2) is 33.0 Å². The number of ether oxygens (including phenoxy) is 1. The van der Waals surface area contributed by atoms with Crippen molar-refractivity contribution >= 4 is 26.8 Å². The lowest BCUT2D eigenvalue weighted by Crippen LogP contribution is -2.13. The first kappa shape index (κ1) is 23.3. The highest BCUT2D eigenvalue weighted by Gasteiger charge is 2.17. The van der Waals surface area contributed by atoms with Crippen molar-refractivity contribution in [3.63, 3.8) is 0 Å². The summed E-state index contributed by atoms with van der Waals surface area (Å²) < 4.78 is 42.0. The summed E-state index contributed by atoms with van der Waals surface area (Å²) in [4.78, 5) is 11.7. The van der Waals surface area contributed by atoms with Crippen LogP contribution in [-0.2, 0) is 17.1 Å². The molecule has 3 aromatic heterocycles. The second-order valence-corrected chi connectivity index (χ2v) is 9.91. The van der Waals surface area contributed by atoms with Gasteiger partial charge in [-0.05, 0) is 74.9 Å². The molecule has 0 spiro atoms. The number of hydrogen-bond donors (Lipinski definition) is 1. The fraction of sp³-hybridized carbons (Fsp3) is 0.167. The minimum atomic E-state index is -3.90. The van der Waals surface area contributed by atoms with Gasteiger partial charge in [0, 0.05) is 24.5 Å². The summed E-state index contributed by atoms with van der Waals surface area (Å²) in [6, 6.07) is 14.0. The smallest absolute Gasteiger partial charge is 0.419 e. The highest BCUT2D eigenvalue weighted by molar-refractivity contribution is 7.92. The Morgan fingerprint density at radius 2 is 1.72 bits per heavy atom. The molecule has 3 heterocycles. The molecule has 0 atom stereocenters. The third-order valence-corrected chi connectivity index (χ3v) is 7.28. The third kappa shape index (κ3) is 4.22. The summed E-state index contributed by atoms with van der Waals surface area (Å²) in [5, 5.41) is 12.8. The fourth-order valence-corrected chi connectivity index (χ4v) is 4.70. The second kappa shape index (κ2) is 8.64. The summed E-state index contributed by atoms with van der Waals surface area (Å²) >= 11 is 0. The van der Waals surface area contributed by atoms with Crippen molar-refractivity contribution in [3.8, 4) is 17.4 Å². The monoisotopic (exact) mass is 506 g/mol. The number of anilines is 1. The van der Waals surface area contributed by atoms with Crippen LogP contribution < -0.4 is 15.2 Å². The normalized spacial score (nSPS) is 11.7. The lowest BCUT2D eigenvalue weighted by Gasteiger charge is -2.10. The van der Waals surface area contributed by atoms with E-state index in [0.29, 0.717) is 28.4 Å². The summed E-state index contributed by atoms with van der Waals surface area (Å²) in [6.45, 7) is 5.91. The van der Waals surface area contributed by atoms with E-state index in [0.717, 1.165) is 17.0 Å². The summed E-state index contributed by atoms with van der Waals surface area (Å²) in [5.74, 6) is 0.750. The van der Waals surface area contributed by atoms with Crippen LogP contribution in [0.25, 0.3) is 16.9 Å². The molecule has 0 bridgehead atoms. The van der Waals surface area contributed by atoms with Crippen molar-refractivity contribution in [1.82, 2.24) is 24.5 Å². The molecule has 5 rings (SSSR count). The van der Waals surface area contributed by atoms with Gasteiger partial charge in [0.25, 0.3) is 10.0 Å². The Balaban J connectivity index is 1.29. The van der Waals surface area contributed by atoms with Crippen molar-refractivity contribution in [2.45, 2.75) is 25.7 Å². The number of nitrogens with zero attached hydrogens (tertiary/aromatic N) is 5. The van der Waals surface area contributed by atoms with Gasteiger partial charge in [0.2, 0.25) is 5.88 Å². The van der Waals surface area contributed by atoms with E-state index in [1.165, 1.54) is 29.8 Å². The van der Waals surface area contributed by atoms with E-state index < -0.39 is 15.8 Å². The number of hydrogen-bond acceptors (Lipinski definition) is 8. The van der Waals surface area contributed by atoms with E-state index >= 15 is 0 Å². The lowest BCUT2D eigenvalue weighted by atomic mass is 10.2. The van der Waals surface area contributed by atoms with Gasteiger partial charge in [-0.15, -0.1) is 10.2 Å². The average molecular weight is 507 g/mol. The molecule has 2 aromatic carbocycles. The largest absolute Gasteiger partial charge is 0.438 e. The predicted octanol–water partition coefficient (Wildman–Crippen LogP) is 3.63. The van der Waals surface area contributed by atoms with Gasteiger partial charge in [-0.1, -0.05) is 0 Å². The zero-order chi connectivity index (χ0) is 25.6. The summed E-state index contributed by atoms with van der Waals surface area (Å²) in [6.07, 6.45) is 0. The summed E-state index contributed by atoms with van der Waals surface area (Å²) in [5.41, 5.74) is 4.04. The fourth-order valence-electron chi connectivity index (χ4n) is 3.62. The van der Waals surface area contributed by atoms with Crippen LogP contribution in [0, 0.1) is 20.8 Å². The molecule has 0 aliphatic carbocycles. The van der Waals surface area contributed by atoms with Gasteiger partial charge in [0.1, 0.15) is 5.75 Å². The highest BCUT2D eigenvalue weighted by atomic mass is 32.2. The predicted molar refractivity (Wildman–Crippen MR) is 132 cm³/mol. The maximum Gasteiger partial charge on any atom is 0.419 e. The Morgan fingerprint density at radius 3 is 2.36 bits per heavy atom. The van der Waals surface area contributed by atoms with Gasteiger partial charge in [0.15, 0.2) is 11.4 Å². The maximum atomic E-state index is 12.8. The van der Waals surface area contributed by atoms with Crippen LogP contribution in [0.4, 0.5) is 5.69 Å². The molecule has 0 saturated heterocycles. The topological polar surface area (TPSA) is 134 Å². The number of nitrogens with one attached hydrogen (secondary N) is 1. The Labute approximate surface area is 206 Å². The van der Waals surface area contributed by atoms with Crippen molar-refractivity contribution in [3.05, 3.63) is 82.1 Å². The zero-order valence-corrected chi connectivity index (χ0v) is 20.7. The average Bonchev–Trinajstić information content (AvgIpc) is 3.29. The molecule has 0 aliphatic heterocycles. The van der Waals surface area contributed by atoms with Crippen LogP contribution in [0.5, 0.6) is 11.6 Å². The van der Waals surface area contributed by atoms with Crippen molar-refractivity contribution < 1.29 is 17.6 Å². The van der Waals surface area contributed by atoms with E-state index in [4.69, 9.17) is 9.15 Å². The SMILES string of the molecule is Cc1nn(-c2ccc(Oc3ccc(NS(=O)(=O)c4ccc5oc(=O)n(C)c5c4)cc3)nn2)c(C)c1C. The highest BCUT2D eigenvalue weighted by Crippen LogP contribution is 2.25. The molecule has 0 fully saturated rings. The van der Waals surface area contributed by atoms with E-state index in [1.54, 1.807) is 41.1 Å². The molecule has 11 nitrogen and oxygen atoms in total. The van der Waals surface area contributed by atoms with E-state index in [9.17, 15) is 13.2 Å². The van der Waals surface area contributed by atoms with Gasteiger partial charge < -0.3 is 9.15 Å². The Kier molecular flexibility index (Phi) is 5.59.